The standard InChI is InChI=1S/C26H27N3O5S/c1-34-22-14-8-16-27-24(22)29-23(30)18-35(32,33)26(29)21-13-7-12-20(17-21)25(31)28-15-6-5-11-19-9-3-2-4-10-19/h2-4,7-10,12-14,16-17,26H,5-6,11,15,18H2,1H3,(H,28,31). The summed E-state index contributed by atoms with van der Waals surface area (Å²) in [7, 11) is -2.43. The van der Waals surface area contributed by atoms with Crippen LogP contribution in [0.1, 0.15) is 39.7 Å². The van der Waals surface area contributed by atoms with Gasteiger partial charge in [-0.3, -0.25) is 14.5 Å². The lowest BCUT2D eigenvalue weighted by Crippen LogP contribution is -2.30. The first kappa shape index (κ1) is 24.4. The number of aromatic nitrogens is 1. The highest BCUT2D eigenvalue weighted by Gasteiger charge is 2.47. The first-order valence-corrected chi connectivity index (χ1v) is 13.1. The Kier molecular flexibility index (Phi) is 7.45. The van der Waals surface area contributed by atoms with Crippen LogP contribution in [0.4, 0.5) is 5.82 Å². The Bertz CT molecular complexity index is 1310. The van der Waals surface area contributed by atoms with E-state index in [1.807, 2.05) is 18.2 Å². The third kappa shape index (κ3) is 5.51. The molecule has 1 aromatic heterocycles. The van der Waals surface area contributed by atoms with E-state index < -0.39 is 26.9 Å². The number of nitrogens with one attached hydrogen (secondary N) is 1. The smallest absolute Gasteiger partial charge is 0.251 e. The van der Waals surface area contributed by atoms with Gasteiger partial charge in [-0.25, -0.2) is 13.4 Å². The Morgan fingerprint density at radius 1 is 1.09 bits per heavy atom. The van der Waals surface area contributed by atoms with Crippen molar-refractivity contribution in [3.05, 3.63) is 89.6 Å². The number of carbonyl (C=O) groups is 2. The van der Waals surface area contributed by atoms with Crippen molar-refractivity contribution in [2.45, 2.75) is 24.6 Å². The summed E-state index contributed by atoms with van der Waals surface area (Å²) in [5.41, 5.74) is 1.90. The number of unbranched alkanes of at least 4 members (excludes halogenated alkanes) is 1. The number of hydrogen-bond donors (Lipinski definition) is 1. The van der Waals surface area contributed by atoms with E-state index in [4.69, 9.17) is 4.74 Å². The number of methoxy groups -OCH3 is 1. The first-order valence-electron chi connectivity index (χ1n) is 11.4. The van der Waals surface area contributed by atoms with Crippen LogP contribution in [-0.2, 0) is 21.1 Å². The number of ether oxygens (including phenoxy) is 1. The van der Waals surface area contributed by atoms with E-state index in [1.165, 1.54) is 24.9 Å². The largest absolute Gasteiger partial charge is 0.493 e. The Hall–Kier alpha value is -3.72. The number of pyridine rings is 1. The summed E-state index contributed by atoms with van der Waals surface area (Å²) < 4.78 is 31.2. The Balaban J connectivity index is 1.48. The zero-order chi connectivity index (χ0) is 24.8. The lowest BCUT2D eigenvalue weighted by molar-refractivity contribution is -0.115. The molecule has 35 heavy (non-hydrogen) atoms. The molecule has 1 fully saturated rings. The maximum Gasteiger partial charge on any atom is 0.251 e. The van der Waals surface area contributed by atoms with Crippen molar-refractivity contribution in [2.24, 2.45) is 0 Å². The summed E-state index contributed by atoms with van der Waals surface area (Å²) >= 11 is 0. The average Bonchev–Trinajstić information content (AvgIpc) is 3.12. The fourth-order valence-corrected chi connectivity index (χ4v) is 5.90. The van der Waals surface area contributed by atoms with Gasteiger partial charge in [0, 0.05) is 18.3 Å². The second-order valence-electron chi connectivity index (χ2n) is 8.28. The molecule has 2 aromatic carbocycles. The molecule has 2 amide bonds. The monoisotopic (exact) mass is 493 g/mol. The van der Waals surface area contributed by atoms with Gasteiger partial charge in [-0.2, -0.15) is 0 Å². The van der Waals surface area contributed by atoms with Gasteiger partial charge in [0.25, 0.3) is 5.91 Å². The van der Waals surface area contributed by atoms with E-state index in [0.717, 1.165) is 24.2 Å². The number of rotatable bonds is 9. The molecule has 182 valence electrons. The normalized spacial score (nSPS) is 16.8. The molecule has 8 nitrogen and oxygen atoms in total. The van der Waals surface area contributed by atoms with Crippen LogP contribution in [0, 0.1) is 0 Å². The molecule has 0 aliphatic carbocycles. The van der Waals surface area contributed by atoms with E-state index in [9.17, 15) is 18.0 Å². The molecule has 1 unspecified atom stereocenters. The molecule has 1 aliphatic rings. The molecule has 4 rings (SSSR count). The third-order valence-electron chi connectivity index (χ3n) is 5.82. The zero-order valence-electron chi connectivity index (χ0n) is 19.4. The third-order valence-corrected chi connectivity index (χ3v) is 7.63. The molecule has 1 N–H and O–H groups in total. The van der Waals surface area contributed by atoms with Crippen LogP contribution < -0.4 is 15.0 Å². The number of hydrogen-bond acceptors (Lipinski definition) is 6. The summed E-state index contributed by atoms with van der Waals surface area (Å²) in [6, 6.07) is 19.8. The summed E-state index contributed by atoms with van der Waals surface area (Å²) in [5, 5.41) is 1.60. The van der Waals surface area contributed by atoms with Crippen LogP contribution in [0.15, 0.2) is 72.9 Å². The molecular formula is C26H27N3O5S. The minimum Gasteiger partial charge on any atom is -0.493 e. The van der Waals surface area contributed by atoms with E-state index in [0.29, 0.717) is 17.7 Å². The number of anilines is 1. The quantitative estimate of drug-likeness (QED) is 0.459. The summed E-state index contributed by atoms with van der Waals surface area (Å²) in [6.07, 6.45) is 4.16. The van der Waals surface area contributed by atoms with E-state index in [-0.39, 0.29) is 17.5 Å². The molecule has 1 saturated heterocycles. The number of carbonyl (C=O) groups excluding carboxylic acids is 2. The Morgan fingerprint density at radius 3 is 2.66 bits per heavy atom. The average molecular weight is 494 g/mol. The number of benzene rings is 2. The van der Waals surface area contributed by atoms with Crippen molar-refractivity contribution in [3.8, 4) is 5.75 Å². The van der Waals surface area contributed by atoms with Crippen molar-refractivity contribution in [2.75, 3.05) is 24.3 Å². The fraction of sp³-hybridized carbons (Fsp3) is 0.269. The van der Waals surface area contributed by atoms with Gasteiger partial charge >= 0.3 is 0 Å². The number of nitrogens with zero attached hydrogens (tertiary/aromatic N) is 2. The van der Waals surface area contributed by atoms with Gasteiger partial charge in [-0.15, -0.1) is 0 Å². The molecule has 2 heterocycles. The van der Waals surface area contributed by atoms with Crippen molar-refractivity contribution in [1.82, 2.24) is 10.3 Å². The van der Waals surface area contributed by atoms with Gasteiger partial charge in [0.2, 0.25) is 5.91 Å². The SMILES string of the molecule is COc1cccnc1N1C(=O)CS(=O)(=O)C1c1cccc(C(=O)NCCCCc2ccccc2)c1. The van der Waals surface area contributed by atoms with Crippen LogP contribution in [-0.4, -0.2) is 44.6 Å². The van der Waals surface area contributed by atoms with E-state index in [2.05, 4.69) is 22.4 Å². The molecule has 0 radical (unpaired) electrons. The number of sulfone groups is 1. The second kappa shape index (κ2) is 10.7. The van der Waals surface area contributed by atoms with Crippen LogP contribution in [0.5, 0.6) is 5.75 Å². The van der Waals surface area contributed by atoms with E-state index in [1.54, 1.807) is 30.3 Å². The molecule has 1 atom stereocenters. The maximum absolute atomic E-state index is 13.0. The maximum atomic E-state index is 13.0. The predicted octanol–water partition coefficient (Wildman–Crippen LogP) is 3.30. The lowest BCUT2D eigenvalue weighted by atomic mass is 10.1. The van der Waals surface area contributed by atoms with E-state index >= 15 is 0 Å². The highest BCUT2D eigenvalue weighted by atomic mass is 32.2. The second-order valence-corrected chi connectivity index (χ2v) is 10.3. The van der Waals surface area contributed by atoms with Gasteiger partial charge in [-0.05, 0) is 54.7 Å². The summed E-state index contributed by atoms with van der Waals surface area (Å²) in [4.78, 5) is 30.8. The van der Waals surface area contributed by atoms with Crippen LogP contribution in [0.2, 0.25) is 0 Å². The molecule has 0 saturated carbocycles. The minimum atomic E-state index is -3.86. The van der Waals surface area contributed by atoms with Crippen molar-refractivity contribution in [3.63, 3.8) is 0 Å². The zero-order valence-corrected chi connectivity index (χ0v) is 20.2. The van der Waals surface area contributed by atoms with Gasteiger partial charge in [0.15, 0.2) is 26.8 Å². The summed E-state index contributed by atoms with van der Waals surface area (Å²) in [6.45, 7) is 0.507. The molecule has 0 spiro atoms. The summed E-state index contributed by atoms with van der Waals surface area (Å²) in [5.74, 6) is -1.13. The predicted molar refractivity (Wildman–Crippen MR) is 133 cm³/mol. The molecule has 0 bridgehead atoms. The molecule has 3 aromatic rings. The van der Waals surface area contributed by atoms with Crippen LogP contribution in [0.3, 0.4) is 0 Å². The van der Waals surface area contributed by atoms with Gasteiger partial charge in [0.1, 0.15) is 5.75 Å². The molecule has 1 aliphatic heterocycles. The Morgan fingerprint density at radius 2 is 1.89 bits per heavy atom. The van der Waals surface area contributed by atoms with Gasteiger partial charge in [0.05, 0.1) is 7.11 Å². The topological polar surface area (TPSA) is 106 Å². The van der Waals surface area contributed by atoms with Crippen molar-refractivity contribution >= 4 is 27.5 Å². The van der Waals surface area contributed by atoms with Gasteiger partial charge in [-0.1, -0.05) is 42.5 Å². The first-order chi connectivity index (χ1) is 16.9. The van der Waals surface area contributed by atoms with Crippen LogP contribution in [0.25, 0.3) is 0 Å². The fourth-order valence-electron chi connectivity index (χ4n) is 4.16. The van der Waals surface area contributed by atoms with Gasteiger partial charge < -0.3 is 10.1 Å². The lowest BCUT2D eigenvalue weighted by Gasteiger charge is -2.24. The van der Waals surface area contributed by atoms with Crippen LogP contribution >= 0.6 is 0 Å². The number of aryl methyl sites for hydroxylation is 1. The minimum absolute atomic E-state index is 0.124. The van der Waals surface area contributed by atoms with Crippen molar-refractivity contribution in [1.29, 1.82) is 0 Å². The molecular weight excluding hydrogens is 466 g/mol. The van der Waals surface area contributed by atoms with Crippen molar-refractivity contribution < 1.29 is 22.7 Å². The highest BCUT2D eigenvalue weighted by Crippen LogP contribution is 2.40. The number of amides is 2. The highest BCUT2D eigenvalue weighted by molar-refractivity contribution is 7.93. The molecule has 9 heteroatoms. The Labute approximate surface area is 204 Å².